The molecule has 0 N–H and O–H groups in total. The summed E-state index contributed by atoms with van der Waals surface area (Å²) < 4.78 is -3.86. The first-order valence-electron chi connectivity index (χ1n) is 4.35. The van der Waals surface area contributed by atoms with Gasteiger partial charge in [-0.25, -0.2) is 0 Å². The predicted molar refractivity (Wildman–Crippen MR) is 66.9 cm³/mol. The van der Waals surface area contributed by atoms with Gasteiger partial charge in [-0.3, -0.25) is 9.59 Å². The van der Waals surface area contributed by atoms with Crippen molar-refractivity contribution in [2.45, 2.75) is 34.3 Å². The lowest BCUT2D eigenvalue weighted by Gasteiger charge is -2.51. The zero-order valence-electron chi connectivity index (χ0n) is 8.71. The molecule has 92 valence electrons. The van der Waals surface area contributed by atoms with Crippen molar-refractivity contribution in [1.82, 2.24) is 0 Å². The highest BCUT2D eigenvalue weighted by Gasteiger charge is 2.73. The fourth-order valence-corrected chi connectivity index (χ4v) is 3.45. The van der Waals surface area contributed by atoms with Crippen molar-refractivity contribution in [2.75, 3.05) is 0 Å². The summed E-state index contributed by atoms with van der Waals surface area (Å²) in [6, 6.07) is 0. The minimum absolute atomic E-state index is 0.808. The number of rotatable bonds is 0. The Morgan fingerprint density at radius 2 is 1.00 bits per heavy atom. The van der Waals surface area contributed by atoms with Gasteiger partial charge in [-0.05, 0) is 6.92 Å². The molecule has 7 heteroatoms. The first-order valence-corrected chi connectivity index (χ1v) is 6.24. The van der Waals surface area contributed by atoms with Crippen LogP contribution in [0.25, 0.3) is 0 Å². The van der Waals surface area contributed by atoms with Crippen molar-refractivity contribution in [3.8, 4) is 0 Å². The average molecular weight is 326 g/mol. The second-order valence-corrected chi connectivity index (χ2v) is 7.85. The summed E-state index contributed by atoms with van der Waals surface area (Å²) in [4.78, 5) is 22.0. The first-order chi connectivity index (χ1) is 6.81. The SMILES string of the molecule is CC1(Cl)C(=O)C(Cl)(Cl)C(C)(C)C(Cl)(Cl)C1=O. The van der Waals surface area contributed by atoms with Crippen LogP contribution in [0, 0.1) is 5.41 Å². The van der Waals surface area contributed by atoms with E-state index in [2.05, 4.69) is 0 Å². The predicted octanol–water partition coefficient (Wildman–Crippen LogP) is 3.51. The molecule has 1 rings (SSSR count). The minimum Gasteiger partial charge on any atom is -0.294 e. The number of carbonyl (C=O) groups excluding carboxylic acids is 2. The number of carbonyl (C=O) groups is 2. The van der Waals surface area contributed by atoms with Gasteiger partial charge in [-0.1, -0.05) is 60.3 Å². The molecule has 1 aliphatic carbocycles. The zero-order chi connectivity index (χ0) is 13.2. The Morgan fingerprint density at radius 3 is 1.25 bits per heavy atom. The van der Waals surface area contributed by atoms with E-state index in [0.29, 0.717) is 0 Å². The van der Waals surface area contributed by atoms with Crippen LogP contribution < -0.4 is 0 Å². The molecule has 0 aromatic carbocycles. The molecule has 0 bridgehead atoms. The van der Waals surface area contributed by atoms with E-state index in [0.717, 1.165) is 0 Å². The Kier molecular flexibility index (Phi) is 3.38. The third-order valence-electron chi connectivity index (χ3n) is 2.99. The molecule has 2 nitrogen and oxygen atoms in total. The lowest BCUT2D eigenvalue weighted by Crippen LogP contribution is -2.69. The van der Waals surface area contributed by atoms with Crippen molar-refractivity contribution in [2.24, 2.45) is 5.41 Å². The summed E-state index contributed by atoms with van der Waals surface area (Å²) in [6.45, 7) is 4.07. The van der Waals surface area contributed by atoms with Crippen LogP contribution in [-0.4, -0.2) is 25.1 Å². The van der Waals surface area contributed by atoms with Crippen LogP contribution in [0.3, 0.4) is 0 Å². The van der Waals surface area contributed by atoms with E-state index in [1.165, 1.54) is 20.8 Å². The molecular formula is C9H9Cl5O2. The average Bonchev–Trinajstić information content (AvgIpc) is 2.13. The second-order valence-electron chi connectivity index (χ2n) is 4.43. The van der Waals surface area contributed by atoms with Gasteiger partial charge in [-0.15, -0.1) is 11.6 Å². The smallest absolute Gasteiger partial charge is 0.197 e. The van der Waals surface area contributed by atoms with Crippen molar-refractivity contribution in [3.63, 3.8) is 0 Å². The molecule has 0 heterocycles. The molecule has 0 radical (unpaired) electrons. The molecule has 0 unspecified atom stereocenters. The van der Waals surface area contributed by atoms with Crippen LogP contribution in [-0.2, 0) is 9.59 Å². The second kappa shape index (κ2) is 3.64. The normalized spacial score (nSPS) is 30.2. The molecule has 0 spiro atoms. The Labute approximate surface area is 118 Å². The van der Waals surface area contributed by atoms with Gasteiger partial charge in [0.05, 0.1) is 0 Å². The van der Waals surface area contributed by atoms with Gasteiger partial charge in [0.2, 0.25) is 0 Å². The first kappa shape index (κ1) is 14.8. The van der Waals surface area contributed by atoms with Crippen LogP contribution in [0.1, 0.15) is 20.8 Å². The number of halogens is 5. The molecule has 0 aliphatic heterocycles. The van der Waals surface area contributed by atoms with E-state index in [1.54, 1.807) is 0 Å². The number of hydrogen-bond acceptors (Lipinski definition) is 2. The Hall–Kier alpha value is 0.790. The lowest BCUT2D eigenvalue weighted by atomic mass is 9.69. The molecule has 1 fully saturated rings. The fourth-order valence-electron chi connectivity index (χ4n) is 1.46. The Morgan fingerprint density at radius 1 is 0.750 bits per heavy atom. The van der Waals surface area contributed by atoms with Crippen LogP contribution in [0.4, 0.5) is 0 Å². The highest BCUT2D eigenvalue weighted by Crippen LogP contribution is 2.60. The van der Waals surface area contributed by atoms with Gasteiger partial charge in [0.25, 0.3) is 0 Å². The monoisotopic (exact) mass is 324 g/mol. The maximum absolute atomic E-state index is 11.9. The van der Waals surface area contributed by atoms with Crippen LogP contribution >= 0.6 is 58.0 Å². The summed E-state index contributed by atoms with van der Waals surface area (Å²) in [5, 5.41) is 0. The van der Waals surface area contributed by atoms with E-state index in [-0.39, 0.29) is 0 Å². The lowest BCUT2D eigenvalue weighted by molar-refractivity contribution is -0.138. The quantitative estimate of drug-likeness (QED) is 0.504. The number of Topliss-reactive ketones (excluding diaryl/α,β-unsaturated/α-hetero) is 2. The van der Waals surface area contributed by atoms with Crippen LogP contribution in [0.15, 0.2) is 0 Å². The summed E-state index contributed by atoms with van der Waals surface area (Å²) in [7, 11) is 0. The van der Waals surface area contributed by atoms with Gasteiger partial charge in [0, 0.05) is 5.41 Å². The standard InChI is InChI=1S/C9H9Cl5O2/c1-6(2)8(11,12)4(15)7(3,10)5(16)9(6,13)14/h1-3H3. The highest BCUT2D eigenvalue weighted by molar-refractivity contribution is 6.73. The van der Waals surface area contributed by atoms with Gasteiger partial charge in [-0.2, -0.15) is 0 Å². The van der Waals surface area contributed by atoms with E-state index in [4.69, 9.17) is 58.0 Å². The van der Waals surface area contributed by atoms with Gasteiger partial charge >= 0.3 is 0 Å². The van der Waals surface area contributed by atoms with Crippen molar-refractivity contribution < 1.29 is 9.59 Å². The maximum Gasteiger partial charge on any atom is 0.197 e. The zero-order valence-corrected chi connectivity index (χ0v) is 12.5. The maximum atomic E-state index is 11.9. The van der Waals surface area contributed by atoms with Gasteiger partial charge in [0.15, 0.2) is 25.1 Å². The van der Waals surface area contributed by atoms with E-state index in [1.807, 2.05) is 0 Å². The molecule has 0 atom stereocenters. The Bertz CT molecular complexity index is 338. The molecule has 1 saturated carbocycles. The summed E-state index contributed by atoms with van der Waals surface area (Å²) >= 11 is 29.7. The topological polar surface area (TPSA) is 34.1 Å². The molecule has 0 aromatic rings. The molecular weight excluding hydrogens is 317 g/mol. The Balaban J connectivity index is 3.53. The fraction of sp³-hybridized carbons (Fsp3) is 0.778. The van der Waals surface area contributed by atoms with Crippen molar-refractivity contribution >= 4 is 69.6 Å². The number of alkyl halides is 5. The molecule has 1 aliphatic rings. The summed E-state index contributed by atoms with van der Waals surface area (Å²) in [5.41, 5.74) is -1.35. The van der Waals surface area contributed by atoms with E-state index < -0.39 is 30.5 Å². The van der Waals surface area contributed by atoms with Crippen molar-refractivity contribution in [1.29, 1.82) is 0 Å². The minimum atomic E-state index is -1.93. The molecule has 0 saturated heterocycles. The third kappa shape index (κ3) is 1.54. The molecule has 0 aromatic heterocycles. The van der Waals surface area contributed by atoms with Crippen LogP contribution in [0.5, 0.6) is 0 Å². The van der Waals surface area contributed by atoms with Crippen molar-refractivity contribution in [3.05, 3.63) is 0 Å². The van der Waals surface area contributed by atoms with E-state index >= 15 is 0 Å². The van der Waals surface area contributed by atoms with E-state index in [9.17, 15) is 9.59 Å². The van der Waals surface area contributed by atoms with Gasteiger partial charge < -0.3 is 0 Å². The van der Waals surface area contributed by atoms with Gasteiger partial charge in [0.1, 0.15) is 0 Å². The molecule has 16 heavy (non-hydrogen) atoms. The number of hydrogen-bond donors (Lipinski definition) is 0. The number of ketones is 2. The summed E-state index contributed by atoms with van der Waals surface area (Å²) in [6.07, 6.45) is 0. The molecule has 0 amide bonds. The largest absolute Gasteiger partial charge is 0.294 e. The van der Waals surface area contributed by atoms with Crippen LogP contribution in [0.2, 0.25) is 0 Å². The summed E-state index contributed by atoms with van der Waals surface area (Å²) in [5.74, 6) is -1.62. The highest BCUT2D eigenvalue weighted by atomic mass is 35.5. The third-order valence-corrected chi connectivity index (χ3v) is 5.91.